The number of aliphatic hydroxyl groups excluding tert-OH is 2. The summed E-state index contributed by atoms with van der Waals surface area (Å²) in [5, 5.41) is 18.1. The zero-order chi connectivity index (χ0) is 9.26. The lowest BCUT2D eigenvalue weighted by atomic mass is 9.98. The van der Waals surface area contributed by atoms with Crippen LogP contribution in [0.4, 0.5) is 0 Å². The fourth-order valence-electron chi connectivity index (χ4n) is 1.75. The van der Waals surface area contributed by atoms with Crippen molar-refractivity contribution < 1.29 is 10.2 Å². The van der Waals surface area contributed by atoms with Gasteiger partial charge in [-0.2, -0.15) is 0 Å². The maximum atomic E-state index is 9.12. The predicted octanol–water partition coefficient (Wildman–Crippen LogP) is 1.94. The van der Waals surface area contributed by atoms with E-state index in [1.54, 1.807) is 0 Å². The lowest BCUT2D eigenvalue weighted by molar-refractivity contribution is 0.280. The summed E-state index contributed by atoms with van der Waals surface area (Å²) in [7, 11) is 0. The van der Waals surface area contributed by atoms with Crippen molar-refractivity contribution in [3.8, 4) is 0 Å². The van der Waals surface area contributed by atoms with E-state index in [4.69, 9.17) is 10.2 Å². The van der Waals surface area contributed by atoms with Crippen molar-refractivity contribution in [1.29, 1.82) is 0 Å². The van der Waals surface area contributed by atoms with Crippen LogP contribution in [0.3, 0.4) is 0 Å². The molecule has 0 amide bonds. The largest absolute Gasteiger partial charge is 0.392 e. The highest BCUT2D eigenvalue weighted by atomic mass is 16.3. The highest BCUT2D eigenvalue weighted by molar-refractivity contribution is 5.42. The lowest BCUT2D eigenvalue weighted by Gasteiger charge is -2.10. The normalized spacial score (nSPS) is 16.2. The van der Waals surface area contributed by atoms with Gasteiger partial charge in [0, 0.05) is 0 Å². The molecule has 2 heteroatoms. The third-order valence-electron chi connectivity index (χ3n) is 2.53. The van der Waals surface area contributed by atoms with E-state index in [9.17, 15) is 0 Å². The van der Waals surface area contributed by atoms with Crippen molar-refractivity contribution in [1.82, 2.24) is 0 Å². The summed E-state index contributed by atoms with van der Waals surface area (Å²) < 4.78 is 0. The second-order valence-corrected chi connectivity index (χ2v) is 3.48. The second-order valence-electron chi connectivity index (χ2n) is 3.48. The lowest BCUT2D eigenvalue weighted by Crippen LogP contribution is -1.97. The van der Waals surface area contributed by atoms with E-state index in [1.807, 2.05) is 18.2 Å². The molecule has 69 valence electrons. The van der Waals surface area contributed by atoms with Crippen LogP contribution < -0.4 is 0 Å². The standard InChI is InChI=1S/C11H13O2/c12-6-9-2-1-3-10(7-13)11(9)8-4-5-8/h1-3,6,8,12-13H,4-5,7H2. The first-order chi connectivity index (χ1) is 6.36. The summed E-state index contributed by atoms with van der Waals surface area (Å²) in [5.74, 6) is 0.557. The Labute approximate surface area is 77.8 Å². The monoisotopic (exact) mass is 177 g/mol. The Morgan fingerprint density at radius 2 is 2.15 bits per heavy atom. The minimum atomic E-state index is 0.0630. The zero-order valence-corrected chi connectivity index (χ0v) is 7.40. The molecule has 1 aliphatic rings. The summed E-state index contributed by atoms with van der Waals surface area (Å²) >= 11 is 0. The van der Waals surface area contributed by atoms with Crippen molar-refractivity contribution in [2.45, 2.75) is 25.4 Å². The fraction of sp³-hybridized carbons (Fsp3) is 0.364. The van der Waals surface area contributed by atoms with E-state index in [0.29, 0.717) is 5.92 Å². The maximum Gasteiger partial charge on any atom is 0.109 e. The smallest absolute Gasteiger partial charge is 0.109 e. The molecule has 1 aliphatic carbocycles. The molecule has 0 spiro atoms. The molecular formula is C11H13O2. The Morgan fingerprint density at radius 3 is 2.69 bits per heavy atom. The van der Waals surface area contributed by atoms with Crippen LogP contribution >= 0.6 is 0 Å². The minimum Gasteiger partial charge on any atom is -0.392 e. The molecular weight excluding hydrogens is 164 g/mol. The summed E-state index contributed by atoms with van der Waals surface area (Å²) in [6.45, 7) is 1.19. The molecule has 2 N–H and O–H groups in total. The molecule has 1 saturated carbocycles. The molecule has 0 heterocycles. The number of hydrogen-bond acceptors (Lipinski definition) is 2. The van der Waals surface area contributed by atoms with E-state index in [-0.39, 0.29) is 6.61 Å². The SMILES string of the molecule is O[CH]c1cccc(CO)c1C1CC1. The Bertz CT molecular complexity index is 281. The van der Waals surface area contributed by atoms with E-state index in [0.717, 1.165) is 23.3 Å². The summed E-state index contributed by atoms with van der Waals surface area (Å²) in [4.78, 5) is 0. The van der Waals surface area contributed by atoms with Gasteiger partial charge >= 0.3 is 0 Å². The van der Waals surface area contributed by atoms with Crippen LogP contribution in [0.1, 0.15) is 35.4 Å². The molecule has 1 aromatic rings. The second kappa shape index (κ2) is 3.48. The molecule has 1 aromatic carbocycles. The van der Waals surface area contributed by atoms with Gasteiger partial charge in [0.2, 0.25) is 0 Å². The van der Waals surface area contributed by atoms with Crippen molar-refractivity contribution in [2.75, 3.05) is 0 Å². The Kier molecular flexibility index (Phi) is 2.34. The zero-order valence-electron chi connectivity index (χ0n) is 7.40. The Hall–Kier alpha value is -0.860. The van der Waals surface area contributed by atoms with Crippen LogP contribution in [0.25, 0.3) is 0 Å². The van der Waals surface area contributed by atoms with E-state index >= 15 is 0 Å². The molecule has 0 aliphatic heterocycles. The summed E-state index contributed by atoms with van der Waals surface area (Å²) in [6, 6.07) is 5.66. The van der Waals surface area contributed by atoms with Crippen LogP contribution in [-0.4, -0.2) is 10.2 Å². The van der Waals surface area contributed by atoms with E-state index < -0.39 is 0 Å². The molecule has 2 nitrogen and oxygen atoms in total. The van der Waals surface area contributed by atoms with Crippen molar-refractivity contribution in [3.05, 3.63) is 41.5 Å². The Balaban J connectivity index is 2.44. The van der Waals surface area contributed by atoms with Gasteiger partial charge < -0.3 is 10.2 Å². The molecule has 0 aromatic heterocycles. The molecule has 0 atom stereocenters. The van der Waals surface area contributed by atoms with Gasteiger partial charge in [-0.1, -0.05) is 18.2 Å². The van der Waals surface area contributed by atoms with Crippen molar-refractivity contribution in [2.24, 2.45) is 0 Å². The van der Waals surface area contributed by atoms with Crippen molar-refractivity contribution >= 4 is 0 Å². The van der Waals surface area contributed by atoms with Crippen LogP contribution in [0, 0.1) is 6.61 Å². The van der Waals surface area contributed by atoms with Gasteiger partial charge in [0.25, 0.3) is 0 Å². The molecule has 13 heavy (non-hydrogen) atoms. The molecule has 2 rings (SSSR count). The first-order valence-corrected chi connectivity index (χ1v) is 4.57. The highest BCUT2D eigenvalue weighted by Crippen LogP contribution is 2.43. The van der Waals surface area contributed by atoms with Crippen LogP contribution in [0.2, 0.25) is 0 Å². The van der Waals surface area contributed by atoms with E-state index in [2.05, 4.69) is 0 Å². The third kappa shape index (κ3) is 1.60. The average molecular weight is 177 g/mol. The Morgan fingerprint density at radius 1 is 1.38 bits per heavy atom. The molecule has 0 bridgehead atoms. The fourth-order valence-corrected chi connectivity index (χ4v) is 1.75. The number of hydrogen-bond donors (Lipinski definition) is 2. The predicted molar refractivity (Wildman–Crippen MR) is 49.7 cm³/mol. The quantitative estimate of drug-likeness (QED) is 0.740. The van der Waals surface area contributed by atoms with Gasteiger partial charge in [0.05, 0.1) is 6.61 Å². The van der Waals surface area contributed by atoms with Crippen LogP contribution in [0.15, 0.2) is 18.2 Å². The minimum absolute atomic E-state index is 0.0630. The summed E-state index contributed by atoms with van der Waals surface area (Å²) in [6.07, 6.45) is 2.36. The third-order valence-corrected chi connectivity index (χ3v) is 2.53. The topological polar surface area (TPSA) is 40.5 Å². The summed E-state index contributed by atoms with van der Waals surface area (Å²) in [5.41, 5.74) is 2.94. The average Bonchev–Trinajstić information content (AvgIpc) is 3.00. The number of benzene rings is 1. The first-order valence-electron chi connectivity index (χ1n) is 4.57. The first kappa shape index (κ1) is 8.73. The van der Waals surface area contributed by atoms with Gasteiger partial charge in [0.1, 0.15) is 6.61 Å². The number of aliphatic hydroxyl groups is 2. The van der Waals surface area contributed by atoms with Crippen molar-refractivity contribution in [3.63, 3.8) is 0 Å². The highest BCUT2D eigenvalue weighted by Gasteiger charge is 2.27. The molecule has 1 fully saturated rings. The number of rotatable bonds is 3. The van der Waals surface area contributed by atoms with Gasteiger partial charge in [-0.05, 0) is 35.4 Å². The van der Waals surface area contributed by atoms with Gasteiger partial charge in [-0.15, -0.1) is 0 Å². The molecule has 1 radical (unpaired) electrons. The van der Waals surface area contributed by atoms with Gasteiger partial charge in [-0.25, -0.2) is 0 Å². The van der Waals surface area contributed by atoms with E-state index in [1.165, 1.54) is 12.8 Å². The molecule has 0 unspecified atom stereocenters. The molecule has 0 saturated heterocycles. The van der Waals surface area contributed by atoms with Crippen LogP contribution in [-0.2, 0) is 6.61 Å². The van der Waals surface area contributed by atoms with Gasteiger partial charge in [-0.3, -0.25) is 0 Å². The van der Waals surface area contributed by atoms with Crippen LogP contribution in [0.5, 0.6) is 0 Å². The maximum absolute atomic E-state index is 9.12. The van der Waals surface area contributed by atoms with Gasteiger partial charge in [0.15, 0.2) is 0 Å².